The fraction of sp³-hybridized carbons (Fsp3) is 0.0625. The van der Waals surface area contributed by atoms with Gasteiger partial charge in [-0.1, -0.05) is 23.2 Å². The van der Waals surface area contributed by atoms with Crippen LogP contribution in [0.4, 0.5) is 0 Å². The zero-order chi connectivity index (χ0) is 14.3. The summed E-state index contributed by atoms with van der Waals surface area (Å²) in [5, 5.41) is 11.6. The number of aryl methyl sites for hydroxylation is 1. The predicted molar refractivity (Wildman–Crippen MR) is 82.2 cm³/mol. The van der Waals surface area contributed by atoms with Gasteiger partial charge in [0.15, 0.2) is 0 Å². The molecule has 0 aliphatic carbocycles. The first kappa shape index (κ1) is 12.8. The highest BCUT2D eigenvalue weighted by molar-refractivity contribution is 6.32. The highest BCUT2D eigenvalue weighted by atomic mass is 35.5. The Morgan fingerprint density at radius 3 is 2.50 bits per heavy atom. The lowest BCUT2D eigenvalue weighted by Gasteiger charge is -2.00. The van der Waals surface area contributed by atoms with E-state index in [4.69, 9.17) is 16.7 Å². The minimum absolute atomic E-state index is 0.667. The molecule has 0 amide bonds. The Morgan fingerprint density at radius 2 is 1.80 bits per heavy atom. The van der Waals surface area contributed by atoms with E-state index in [1.54, 1.807) is 12.3 Å². The van der Waals surface area contributed by atoms with Gasteiger partial charge in [-0.2, -0.15) is 0 Å². The number of carbonyl (C=O) groups is 1. The SMILES string of the molecule is Cc1ccc2c(c1)c1cc(Cl)ccc1n2/C=C/C(=O)O. The zero-order valence-corrected chi connectivity index (χ0v) is 11.6. The molecular formula is C16H12ClNO2. The highest BCUT2D eigenvalue weighted by Gasteiger charge is 2.09. The number of rotatable bonds is 2. The second kappa shape index (κ2) is 4.69. The lowest BCUT2D eigenvalue weighted by atomic mass is 10.1. The van der Waals surface area contributed by atoms with Crippen molar-refractivity contribution in [3.05, 3.63) is 53.1 Å². The van der Waals surface area contributed by atoms with Crippen molar-refractivity contribution in [3.8, 4) is 0 Å². The number of carboxylic acid groups (broad SMARTS) is 1. The molecule has 3 aromatic rings. The molecule has 3 nitrogen and oxygen atoms in total. The molecule has 0 fully saturated rings. The fourth-order valence-corrected chi connectivity index (χ4v) is 2.61. The van der Waals surface area contributed by atoms with Crippen LogP contribution in [-0.2, 0) is 4.79 Å². The Balaban J connectivity index is 2.43. The quantitative estimate of drug-likeness (QED) is 0.713. The molecule has 1 aromatic heterocycles. The van der Waals surface area contributed by atoms with Crippen LogP contribution in [0.25, 0.3) is 28.0 Å². The lowest BCUT2D eigenvalue weighted by Crippen LogP contribution is -1.91. The molecule has 0 radical (unpaired) electrons. The molecule has 1 N–H and O–H groups in total. The van der Waals surface area contributed by atoms with Crippen molar-refractivity contribution in [3.63, 3.8) is 0 Å². The van der Waals surface area contributed by atoms with Crippen LogP contribution in [0, 0.1) is 6.92 Å². The van der Waals surface area contributed by atoms with Gasteiger partial charge >= 0.3 is 5.97 Å². The summed E-state index contributed by atoms with van der Waals surface area (Å²) in [5.41, 5.74) is 3.05. The number of fused-ring (bicyclic) bond motifs is 3. The highest BCUT2D eigenvalue weighted by Crippen LogP contribution is 2.31. The maximum Gasteiger partial charge on any atom is 0.329 e. The molecule has 0 unspecified atom stereocenters. The number of hydrogen-bond acceptors (Lipinski definition) is 1. The third-order valence-corrected chi connectivity index (χ3v) is 3.52. The van der Waals surface area contributed by atoms with Crippen LogP contribution in [0.15, 0.2) is 42.5 Å². The number of nitrogens with zero attached hydrogens (tertiary/aromatic N) is 1. The van der Waals surface area contributed by atoms with Crippen LogP contribution in [-0.4, -0.2) is 15.6 Å². The largest absolute Gasteiger partial charge is 0.478 e. The van der Waals surface area contributed by atoms with Gasteiger partial charge in [-0.25, -0.2) is 4.79 Å². The monoisotopic (exact) mass is 285 g/mol. The van der Waals surface area contributed by atoms with E-state index in [-0.39, 0.29) is 0 Å². The number of aromatic nitrogens is 1. The third-order valence-electron chi connectivity index (χ3n) is 3.29. The number of benzene rings is 2. The van der Waals surface area contributed by atoms with Crippen molar-refractivity contribution in [1.29, 1.82) is 0 Å². The molecule has 1 heterocycles. The van der Waals surface area contributed by atoms with Crippen molar-refractivity contribution in [2.45, 2.75) is 6.92 Å². The van der Waals surface area contributed by atoms with Crippen molar-refractivity contribution in [2.24, 2.45) is 0 Å². The van der Waals surface area contributed by atoms with Gasteiger partial charge in [0.05, 0.1) is 11.0 Å². The average Bonchev–Trinajstić information content (AvgIpc) is 2.69. The van der Waals surface area contributed by atoms with E-state index in [9.17, 15) is 4.79 Å². The van der Waals surface area contributed by atoms with Gasteiger partial charge in [0.2, 0.25) is 0 Å². The van der Waals surface area contributed by atoms with Gasteiger partial charge < -0.3 is 9.67 Å². The molecule has 0 saturated carbocycles. The van der Waals surface area contributed by atoms with E-state index < -0.39 is 5.97 Å². The Hall–Kier alpha value is -2.26. The average molecular weight is 286 g/mol. The van der Waals surface area contributed by atoms with Crippen LogP contribution in [0.5, 0.6) is 0 Å². The smallest absolute Gasteiger partial charge is 0.329 e. The van der Waals surface area contributed by atoms with Crippen LogP contribution >= 0.6 is 11.6 Å². The van der Waals surface area contributed by atoms with Crippen molar-refractivity contribution in [1.82, 2.24) is 4.57 Å². The topological polar surface area (TPSA) is 42.2 Å². The van der Waals surface area contributed by atoms with Gasteiger partial charge in [-0.3, -0.25) is 0 Å². The Kier molecular flexibility index (Phi) is 2.99. The first-order chi connectivity index (χ1) is 9.56. The number of halogens is 1. The molecule has 4 heteroatoms. The second-order valence-corrected chi connectivity index (χ2v) is 5.14. The first-order valence-corrected chi connectivity index (χ1v) is 6.55. The zero-order valence-electron chi connectivity index (χ0n) is 10.8. The summed E-state index contributed by atoms with van der Waals surface area (Å²) in [5.74, 6) is -0.971. The summed E-state index contributed by atoms with van der Waals surface area (Å²) in [7, 11) is 0. The van der Waals surface area contributed by atoms with Gasteiger partial charge in [-0.05, 0) is 37.3 Å². The molecular weight excluding hydrogens is 274 g/mol. The van der Waals surface area contributed by atoms with Crippen LogP contribution in [0.2, 0.25) is 5.02 Å². The maximum absolute atomic E-state index is 10.8. The van der Waals surface area contributed by atoms with Gasteiger partial charge in [0, 0.05) is 28.1 Å². The second-order valence-electron chi connectivity index (χ2n) is 4.71. The lowest BCUT2D eigenvalue weighted by molar-refractivity contribution is -0.131. The maximum atomic E-state index is 10.8. The fourth-order valence-electron chi connectivity index (χ4n) is 2.44. The van der Waals surface area contributed by atoms with E-state index >= 15 is 0 Å². The molecule has 2 aromatic carbocycles. The van der Waals surface area contributed by atoms with Crippen LogP contribution in [0.1, 0.15) is 5.56 Å². The van der Waals surface area contributed by atoms with Crippen LogP contribution in [0.3, 0.4) is 0 Å². The summed E-state index contributed by atoms with van der Waals surface area (Å²) >= 11 is 6.07. The molecule has 0 aliphatic rings. The van der Waals surface area contributed by atoms with E-state index in [2.05, 4.69) is 6.07 Å². The number of aliphatic carboxylic acids is 1. The van der Waals surface area contributed by atoms with Gasteiger partial charge in [0.25, 0.3) is 0 Å². The summed E-state index contributed by atoms with van der Waals surface area (Å²) in [6.07, 6.45) is 2.70. The minimum Gasteiger partial charge on any atom is -0.478 e. The normalized spacial score (nSPS) is 11.7. The van der Waals surface area contributed by atoms with Crippen molar-refractivity contribution < 1.29 is 9.90 Å². The summed E-state index contributed by atoms with van der Waals surface area (Å²) in [6, 6.07) is 11.7. The van der Waals surface area contributed by atoms with Crippen LogP contribution < -0.4 is 0 Å². The Bertz CT molecular complexity index is 802. The van der Waals surface area contributed by atoms with E-state index in [0.717, 1.165) is 33.4 Å². The third kappa shape index (κ3) is 2.06. The molecule has 0 bridgehead atoms. The standard InChI is InChI=1S/C16H12ClNO2/c1-10-2-4-14-12(8-10)13-9-11(17)3-5-15(13)18(14)7-6-16(19)20/h2-9H,1H3,(H,19,20)/b7-6+. The van der Waals surface area contributed by atoms with Gasteiger partial charge in [0.1, 0.15) is 0 Å². The van der Waals surface area contributed by atoms with E-state index in [1.807, 2.05) is 35.8 Å². The first-order valence-electron chi connectivity index (χ1n) is 6.17. The van der Waals surface area contributed by atoms with E-state index in [0.29, 0.717) is 5.02 Å². The molecule has 0 spiro atoms. The number of carboxylic acids is 1. The molecule has 100 valence electrons. The summed E-state index contributed by atoms with van der Waals surface area (Å²) in [6.45, 7) is 2.03. The molecule has 0 aliphatic heterocycles. The molecule has 0 saturated heterocycles. The number of hydrogen-bond donors (Lipinski definition) is 1. The predicted octanol–water partition coefficient (Wildman–Crippen LogP) is 4.31. The molecule has 3 rings (SSSR count). The Labute approximate surface area is 120 Å². The summed E-state index contributed by atoms with van der Waals surface area (Å²) in [4.78, 5) is 10.8. The Morgan fingerprint density at radius 1 is 1.15 bits per heavy atom. The molecule has 0 atom stereocenters. The van der Waals surface area contributed by atoms with E-state index in [1.165, 1.54) is 0 Å². The van der Waals surface area contributed by atoms with Crippen molar-refractivity contribution >= 4 is 45.6 Å². The van der Waals surface area contributed by atoms with Gasteiger partial charge in [-0.15, -0.1) is 0 Å². The molecule has 20 heavy (non-hydrogen) atoms. The van der Waals surface area contributed by atoms with Crippen molar-refractivity contribution in [2.75, 3.05) is 0 Å². The minimum atomic E-state index is -0.971. The summed E-state index contributed by atoms with van der Waals surface area (Å²) < 4.78 is 1.87.